The number of nitrogens with zero attached hydrogens (tertiary/aromatic N) is 2. The van der Waals surface area contributed by atoms with Gasteiger partial charge in [-0.05, 0) is 66.2 Å². The van der Waals surface area contributed by atoms with Crippen molar-refractivity contribution in [2.45, 2.75) is 12.0 Å². The number of benzene rings is 4. The molecular weight excluding hydrogens is 418 g/mol. The summed E-state index contributed by atoms with van der Waals surface area (Å²) in [6.07, 6.45) is 8.85. The minimum Gasteiger partial charge on any atom is -0.453 e. The van der Waals surface area contributed by atoms with Gasteiger partial charge in [0.25, 0.3) is 0 Å². The van der Waals surface area contributed by atoms with Crippen LogP contribution in [-0.2, 0) is 0 Å². The molecule has 4 aromatic rings. The maximum Gasteiger partial charge on any atom is 0.151 e. The third-order valence-electron chi connectivity index (χ3n) is 6.90. The number of hydrogen-bond acceptors (Lipinski definition) is 4. The number of hydrogen-bond donors (Lipinski definition) is 1. The van der Waals surface area contributed by atoms with Crippen LogP contribution in [0.2, 0.25) is 0 Å². The molecule has 7 rings (SSSR count). The molecule has 0 bridgehead atoms. The molecule has 2 unspecified atom stereocenters. The van der Waals surface area contributed by atoms with Gasteiger partial charge in [0.15, 0.2) is 11.5 Å². The molecule has 0 amide bonds. The Hall–Kier alpha value is -4.44. The molecule has 0 fully saturated rings. The first-order valence-electron chi connectivity index (χ1n) is 11.6. The van der Waals surface area contributed by atoms with Gasteiger partial charge in [-0.15, -0.1) is 0 Å². The molecule has 2 aliphatic heterocycles. The van der Waals surface area contributed by atoms with Gasteiger partial charge in [-0.3, -0.25) is 0 Å². The molecule has 4 aromatic carbocycles. The highest BCUT2D eigenvalue weighted by atomic mass is 16.5. The third kappa shape index (κ3) is 2.78. The van der Waals surface area contributed by atoms with Crippen molar-refractivity contribution >= 4 is 34.1 Å². The first-order valence-corrected chi connectivity index (χ1v) is 11.6. The number of nitrogen functional groups attached to an aromatic ring is 1. The Balaban J connectivity index is 1.32. The second kappa shape index (κ2) is 7.29. The van der Waals surface area contributed by atoms with Gasteiger partial charge in [0.05, 0.1) is 17.4 Å². The van der Waals surface area contributed by atoms with E-state index in [-0.39, 0.29) is 6.04 Å². The summed E-state index contributed by atoms with van der Waals surface area (Å²) in [5, 5.41) is 0. The molecule has 0 radical (unpaired) electrons. The summed E-state index contributed by atoms with van der Waals surface area (Å²) >= 11 is 0. The summed E-state index contributed by atoms with van der Waals surface area (Å²) in [6, 6.07) is 31.6. The molecule has 0 aromatic heterocycles. The van der Waals surface area contributed by atoms with Crippen molar-refractivity contribution in [2.75, 3.05) is 15.5 Å². The van der Waals surface area contributed by atoms with Crippen molar-refractivity contribution in [2.24, 2.45) is 0 Å². The normalized spacial score (nSPS) is 19.2. The van der Waals surface area contributed by atoms with Gasteiger partial charge >= 0.3 is 0 Å². The highest BCUT2D eigenvalue weighted by Gasteiger charge is 2.37. The zero-order chi connectivity index (χ0) is 22.6. The van der Waals surface area contributed by atoms with E-state index in [1.807, 2.05) is 42.5 Å². The van der Waals surface area contributed by atoms with Crippen molar-refractivity contribution in [3.8, 4) is 11.5 Å². The van der Waals surface area contributed by atoms with Crippen LogP contribution in [0.4, 0.5) is 34.1 Å². The van der Waals surface area contributed by atoms with Gasteiger partial charge in [-0.2, -0.15) is 0 Å². The molecule has 2 heterocycles. The summed E-state index contributed by atoms with van der Waals surface area (Å²) in [5.74, 6) is 2.05. The van der Waals surface area contributed by atoms with Gasteiger partial charge in [0, 0.05) is 28.7 Å². The van der Waals surface area contributed by atoms with Gasteiger partial charge in [0.1, 0.15) is 0 Å². The van der Waals surface area contributed by atoms with E-state index in [0.717, 1.165) is 39.9 Å². The SMILES string of the molecule is Nc1ccc2c(c1)N(c1ccc(N3c4ccccc4Oc4ccccc43)cc1)C1C=CC=CC21. The van der Waals surface area contributed by atoms with Crippen LogP contribution in [-0.4, -0.2) is 6.04 Å². The van der Waals surface area contributed by atoms with E-state index < -0.39 is 0 Å². The Morgan fingerprint density at radius 2 is 1.29 bits per heavy atom. The molecule has 2 N–H and O–H groups in total. The summed E-state index contributed by atoms with van der Waals surface area (Å²) in [5.41, 5.74) is 13.8. The fraction of sp³-hybridized carbons (Fsp3) is 0.0667. The number of rotatable bonds is 2. The van der Waals surface area contributed by atoms with Crippen molar-refractivity contribution in [1.29, 1.82) is 0 Å². The van der Waals surface area contributed by atoms with E-state index in [1.165, 1.54) is 11.3 Å². The molecule has 4 nitrogen and oxygen atoms in total. The second-order valence-electron chi connectivity index (χ2n) is 8.86. The van der Waals surface area contributed by atoms with Crippen LogP contribution in [0.3, 0.4) is 0 Å². The van der Waals surface area contributed by atoms with Crippen LogP contribution in [0.1, 0.15) is 11.5 Å². The standard InChI is InChI=1S/C30H23N3O/c31-20-13-18-24-23-7-1-2-8-25(23)32(28(24)19-20)21-14-16-22(17-15-21)33-26-9-3-5-11-29(26)34-30-12-6-4-10-27(30)33/h1-19,23,25H,31H2. The average Bonchev–Trinajstić information content (AvgIpc) is 3.21. The van der Waals surface area contributed by atoms with Gasteiger partial charge in [0.2, 0.25) is 0 Å². The lowest BCUT2D eigenvalue weighted by Crippen LogP contribution is -2.28. The maximum absolute atomic E-state index is 6.19. The Labute approximate surface area is 198 Å². The van der Waals surface area contributed by atoms with E-state index in [2.05, 4.69) is 82.6 Å². The first-order chi connectivity index (χ1) is 16.8. The molecule has 1 aliphatic carbocycles. The summed E-state index contributed by atoms with van der Waals surface area (Å²) in [7, 11) is 0. The van der Waals surface area contributed by atoms with E-state index >= 15 is 0 Å². The Morgan fingerprint density at radius 1 is 0.647 bits per heavy atom. The van der Waals surface area contributed by atoms with E-state index in [0.29, 0.717) is 5.92 Å². The molecule has 3 aliphatic rings. The zero-order valence-electron chi connectivity index (χ0n) is 18.5. The topological polar surface area (TPSA) is 41.7 Å². The third-order valence-corrected chi connectivity index (χ3v) is 6.90. The summed E-state index contributed by atoms with van der Waals surface area (Å²) in [6.45, 7) is 0. The largest absolute Gasteiger partial charge is 0.453 e. The smallest absolute Gasteiger partial charge is 0.151 e. The van der Waals surface area contributed by atoms with Crippen molar-refractivity contribution in [3.05, 3.63) is 121 Å². The monoisotopic (exact) mass is 441 g/mol. The van der Waals surface area contributed by atoms with Crippen LogP contribution in [0.25, 0.3) is 0 Å². The predicted molar refractivity (Wildman–Crippen MR) is 139 cm³/mol. The zero-order valence-corrected chi connectivity index (χ0v) is 18.5. The lowest BCUT2D eigenvalue weighted by molar-refractivity contribution is 0.477. The van der Waals surface area contributed by atoms with Crippen LogP contribution in [0.5, 0.6) is 11.5 Å². The number of nitrogens with two attached hydrogens (primary N) is 1. The highest BCUT2D eigenvalue weighted by Crippen LogP contribution is 2.51. The maximum atomic E-state index is 6.19. The molecule has 4 heteroatoms. The molecule has 0 saturated heterocycles. The van der Waals surface area contributed by atoms with Gasteiger partial charge in [-0.1, -0.05) is 54.6 Å². The summed E-state index contributed by atoms with van der Waals surface area (Å²) < 4.78 is 6.17. The van der Waals surface area contributed by atoms with Crippen molar-refractivity contribution in [3.63, 3.8) is 0 Å². The van der Waals surface area contributed by atoms with E-state index in [4.69, 9.17) is 10.5 Å². The van der Waals surface area contributed by atoms with E-state index in [1.54, 1.807) is 0 Å². The van der Waals surface area contributed by atoms with Crippen molar-refractivity contribution < 1.29 is 4.74 Å². The molecule has 0 saturated carbocycles. The lowest BCUT2D eigenvalue weighted by Gasteiger charge is -2.33. The fourth-order valence-corrected chi connectivity index (χ4v) is 5.40. The number of para-hydroxylation sites is 4. The average molecular weight is 442 g/mol. The lowest BCUT2D eigenvalue weighted by atomic mass is 9.91. The molecular formula is C30H23N3O. The number of allylic oxidation sites excluding steroid dienone is 2. The van der Waals surface area contributed by atoms with Crippen LogP contribution in [0, 0.1) is 0 Å². The quantitative estimate of drug-likeness (QED) is 0.287. The summed E-state index contributed by atoms with van der Waals surface area (Å²) in [4.78, 5) is 4.67. The molecule has 164 valence electrons. The van der Waals surface area contributed by atoms with Gasteiger partial charge in [-0.25, -0.2) is 0 Å². The fourth-order valence-electron chi connectivity index (χ4n) is 5.40. The van der Waals surface area contributed by atoms with Crippen LogP contribution >= 0.6 is 0 Å². The van der Waals surface area contributed by atoms with Gasteiger partial charge < -0.3 is 20.3 Å². The minimum absolute atomic E-state index is 0.248. The van der Waals surface area contributed by atoms with E-state index in [9.17, 15) is 0 Å². The Morgan fingerprint density at radius 3 is 2.03 bits per heavy atom. The van der Waals surface area contributed by atoms with Crippen LogP contribution < -0.4 is 20.3 Å². The predicted octanol–water partition coefficient (Wildman–Crippen LogP) is 7.57. The second-order valence-corrected chi connectivity index (χ2v) is 8.86. The number of fused-ring (bicyclic) bond motifs is 5. The molecule has 0 spiro atoms. The Bertz CT molecular complexity index is 1430. The molecule has 2 atom stereocenters. The number of anilines is 6. The minimum atomic E-state index is 0.248. The van der Waals surface area contributed by atoms with Crippen LogP contribution in [0.15, 0.2) is 115 Å². The number of ether oxygens (including phenoxy) is 1. The first kappa shape index (κ1) is 19.1. The Kier molecular flexibility index (Phi) is 4.09. The highest BCUT2D eigenvalue weighted by molar-refractivity contribution is 5.87. The molecule has 34 heavy (non-hydrogen) atoms. The van der Waals surface area contributed by atoms with Crippen molar-refractivity contribution in [1.82, 2.24) is 0 Å².